The monoisotopic (exact) mass is 350 g/mol. The molecule has 1 fully saturated rings. The highest BCUT2D eigenvalue weighted by atomic mass is 16.2. The average molecular weight is 350 g/mol. The molecule has 1 atom stereocenters. The lowest BCUT2D eigenvalue weighted by molar-refractivity contribution is -0.128. The van der Waals surface area contributed by atoms with Gasteiger partial charge in [-0.15, -0.1) is 0 Å². The maximum Gasteiger partial charge on any atom is 0.232 e. The van der Waals surface area contributed by atoms with E-state index in [2.05, 4.69) is 26.0 Å². The second-order valence-corrected chi connectivity index (χ2v) is 7.31. The molecule has 0 spiro atoms. The Morgan fingerprint density at radius 2 is 1.88 bits per heavy atom. The maximum absolute atomic E-state index is 12.9. The number of carbonyl (C=O) groups excluding carboxylic acids is 2. The molecule has 3 rings (SSSR count). The number of carbonyl (C=O) groups is 2. The number of benzene rings is 2. The van der Waals surface area contributed by atoms with Crippen LogP contribution in [0.1, 0.15) is 37.3 Å². The molecule has 2 amide bonds. The Bertz CT molecular complexity index is 786. The highest BCUT2D eigenvalue weighted by Crippen LogP contribution is 2.26. The van der Waals surface area contributed by atoms with Crippen molar-refractivity contribution in [3.8, 4) is 0 Å². The number of nitrogens with zero attached hydrogens (tertiary/aromatic N) is 2. The van der Waals surface area contributed by atoms with Crippen molar-refractivity contribution in [2.45, 2.75) is 32.7 Å². The molecule has 0 radical (unpaired) electrons. The van der Waals surface area contributed by atoms with Gasteiger partial charge in [0.1, 0.15) is 0 Å². The Morgan fingerprint density at radius 1 is 1.15 bits per heavy atom. The summed E-state index contributed by atoms with van der Waals surface area (Å²) in [4.78, 5) is 28.7. The maximum atomic E-state index is 12.9. The van der Waals surface area contributed by atoms with Crippen LogP contribution in [-0.2, 0) is 16.1 Å². The largest absolute Gasteiger partial charge is 0.338 e. The van der Waals surface area contributed by atoms with E-state index in [1.54, 1.807) is 16.8 Å². The van der Waals surface area contributed by atoms with Crippen LogP contribution in [0, 0.1) is 5.92 Å². The summed E-state index contributed by atoms with van der Waals surface area (Å²) in [5.41, 5.74) is 3.18. The van der Waals surface area contributed by atoms with Crippen molar-refractivity contribution in [1.29, 1.82) is 0 Å². The molecule has 2 aromatic carbocycles. The van der Waals surface area contributed by atoms with Crippen LogP contribution in [-0.4, -0.2) is 30.3 Å². The number of amides is 2. The summed E-state index contributed by atoms with van der Waals surface area (Å²) < 4.78 is 0. The summed E-state index contributed by atoms with van der Waals surface area (Å²) in [5.74, 6) is 0.193. The summed E-state index contributed by atoms with van der Waals surface area (Å²) in [6, 6.07) is 18.0. The first kappa shape index (κ1) is 18.2. The SMILES string of the molecule is CC(C)c1cccc(N(C)C(=O)C2CC(=O)N(Cc3ccccc3)C2)c1. The van der Waals surface area contributed by atoms with E-state index in [4.69, 9.17) is 0 Å². The van der Waals surface area contributed by atoms with Crippen molar-refractivity contribution in [3.05, 3.63) is 65.7 Å². The molecule has 0 aliphatic carbocycles. The molecule has 1 aliphatic heterocycles. The normalized spacial score (nSPS) is 17.0. The number of anilines is 1. The molecule has 1 aliphatic rings. The van der Waals surface area contributed by atoms with Crippen molar-refractivity contribution < 1.29 is 9.59 Å². The number of hydrogen-bond acceptors (Lipinski definition) is 2. The van der Waals surface area contributed by atoms with Crippen LogP contribution in [0.15, 0.2) is 54.6 Å². The Hall–Kier alpha value is -2.62. The van der Waals surface area contributed by atoms with Gasteiger partial charge in [-0.05, 0) is 29.2 Å². The first-order valence-electron chi connectivity index (χ1n) is 9.15. The van der Waals surface area contributed by atoms with E-state index in [0.29, 0.717) is 25.4 Å². The zero-order chi connectivity index (χ0) is 18.7. The van der Waals surface area contributed by atoms with Gasteiger partial charge in [-0.25, -0.2) is 0 Å². The van der Waals surface area contributed by atoms with Crippen LogP contribution in [0.3, 0.4) is 0 Å². The molecule has 136 valence electrons. The minimum absolute atomic E-state index is 0.00909. The van der Waals surface area contributed by atoms with E-state index < -0.39 is 0 Å². The molecule has 1 heterocycles. The molecule has 26 heavy (non-hydrogen) atoms. The van der Waals surface area contributed by atoms with Gasteiger partial charge in [0, 0.05) is 32.2 Å². The molecule has 2 aromatic rings. The van der Waals surface area contributed by atoms with E-state index >= 15 is 0 Å². The summed E-state index contributed by atoms with van der Waals surface area (Å²) in [6.45, 7) is 5.33. The fourth-order valence-electron chi connectivity index (χ4n) is 3.39. The number of hydrogen-bond donors (Lipinski definition) is 0. The zero-order valence-electron chi connectivity index (χ0n) is 15.7. The Balaban J connectivity index is 1.68. The van der Waals surface area contributed by atoms with Crippen LogP contribution in [0.25, 0.3) is 0 Å². The van der Waals surface area contributed by atoms with Gasteiger partial charge >= 0.3 is 0 Å². The highest BCUT2D eigenvalue weighted by Gasteiger charge is 2.36. The summed E-state index contributed by atoms with van der Waals surface area (Å²) in [6.07, 6.45) is 0.292. The van der Waals surface area contributed by atoms with Crippen LogP contribution in [0.2, 0.25) is 0 Å². The molecule has 1 saturated heterocycles. The van der Waals surface area contributed by atoms with Crippen LogP contribution in [0.5, 0.6) is 0 Å². The highest BCUT2D eigenvalue weighted by molar-refractivity contribution is 5.98. The Kier molecular flexibility index (Phi) is 5.40. The summed E-state index contributed by atoms with van der Waals surface area (Å²) in [5, 5.41) is 0. The summed E-state index contributed by atoms with van der Waals surface area (Å²) in [7, 11) is 1.80. The van der Waals surface area contributed by atoms with Gasteiger partial charge in [0.2, 0.25) is 11.8 Å². The van der Waals surface area contributed by atoms with Crippen molar-refractivity contribution in [2.75, 3.05) is 18.5 Å². The molecule has 1 unspecified atom stereocenters. The van der Waals surface area contributed by atoms with Gasteiger partial charge in [0.25, 0.3) is 0 Å². The van der Waals surface area contributed by atoms with Crippen molar-refractivity contribution in [2.24, 2.45) is 5.92 Å². The van der Waals surface area contributed by atoms with Crippen molar-refractivity contribution in [3.63, 3.8) is 0 Å². The van der Waals surface area contributed by atoms with E-state index in [1.165, 1.54) is 5.56 Å². The van der Waals surface area contributed by atoms with Gasteiger partial charge in [-0.1, -0.05) is 56.3 Å². The third-order valence-corrected chi connectivity index (χ3v) is 5.03. The third-order valence-electron chi connectivity index (χ3n) is 5.03. The summed E-state index contributed by atoms with van der Waals surface area (Å²) >= 11 is 0. The van der Waals surface area contributed by atoms with Gasteiger partial charge in [0.05, 0.1) is 5.92 Å². The minimum atomic E-state index is -0.279. The van der Waals surface area contributed by atoms with Crippen LogP contribution >= 0.6 is 0 Å². The lowest BCUT2D eigenvalue weighted by Gasteiger charge is -2.22. The average Bonchev–Trinajstić information content (AvgIpc) is 3.02. The zero-order valence-corrected chi connectivity index (χ0v) is 15.7. The molecular formula is C22H26N2O2. The molecule has 0 aromatic heterocycles. The predicted molar refractivity (Wildman–Crippen MR) is 104 cm³/mol. The predicted octanol–water partition coefficient (Wildman–Crippen LogP) is 3.82. The fourth-order valence-corrected chi connectivity index (χ4v) is 3.39. The lowest BCUT2D eigenvalue weighted by atomic mass is 10.0. The van der Waals surface area contributed by atoms with Gasteiger partial charge < -0.3 is 9.80 Å². The standard InChI is InChI=1S/C22H26N2O2/c1-16(2)18-10-7-11-20(12-18)23(3)22(26)19-13-21(25)24(15-19)14-17-8-5-4-6-9-17/h4-12,16,19H,13-15H2,1-3H3. The third kappa shape index (κ3) is 3.96. The molecule has 0 bridgehead atoms. The van der Waals surface area contributed by atoms with E-state index in [0.717, 1.165) is 11.3 Å². The van der Waals surface area contributed by atoms with Crippen molar-refractivity contribution >= 4 is 17.5 Å². The van der Waals surface area contributed by atoms with Gasteiger partial charge in [-0.3, -0.25) is 9.59 Å². The molecule has 4 heteroatoms. The van der Waals surface area contributed by atoms with E-state index in [1.807, 2.05) is 42.5 Å². The Morgan fingerprint density at radius 3 is 2.58 bits per heavy atom. The van der Waals surface area contributed by atoms with Crippen LogP contribution in [0.4, 0.5) is 5.69 Å². The van der Waals surface area contributed by atoms with Gasteiger partial charge in [0.15, 0.2) is 0 Å². The smallest absolute Gasteiger partial charge is 0.232 e. The van der Waals surface area contributed by atoms with E-state index in [9.17, 15) is 9.59 Å². The van der Waals surface area contributed by atoms with Gasteiger partial charge in [-0.2, -0.15) is 0 Å². The number of rotatable bonds is 5. The van der Waals surface area contributed by atoms with Crippen molar-refractivity contribution in [1.82, 2.24) is 4.90 Å². The van der Waals surface area contributed by atoms with E-state index in [-0.39, 0.29) is 17.7 Å². The number of likely N-dealkylation sites (tertiary alicyclic amines) is 1. The lowest BCUT2D eigenvalue weighted by Crippen LogP contribution is -2.34. The molecular weight excluding hydrogens is 324 g/mol. The fraction of sp³-hybridized carbons (Fsp3) is 0.364. The first-order chi connectivity index (χ1) is 12.5. The topological polar surface area (TPSA) is 40.6 Å². The minimum Gasteiger partial charge on any atom is -0.338 e. The molecule has 0 N–H and O–H groups in total. The second kappa shape index (κ2) is 7.73. The Labute approximate surface area is 155 Å². The quantitative estimate of drug-likeness (QED) is 0.822. The molecule has 4 nitrogen and oxygen atoms in total. The first-order valence-corrected chi connectivity index (χ1v) is 9.15. The van der Waals surface area contributed by atoms with Crippen LogP contribution < -0.4 is 4.90 Å². The molecule has 0 saturated carbocycles. The second-order valence-electron chi connectivity index (χ2n) is 7.31.